The number of benzene rings is 1. The summed E-state index contributed by atoms with van der Waals surface area (Å²) in [6, 6.07) is 5.90. The Bertz CT molecular complexity index is 1160. The maximum absolute atomic E-state index is 13.5. The summed E-state index contributed by atoms with van der Waals surface area (Å²) in [6.45, 7) is 11.6. The van der Waals surface area contributed by atoms with E-state index in [0.717, 1.165) is 38.3 Å². The summed E-state index contributed by atoms with van der Waals surface area (Å²) in [7, 11) is 1.59. The number of nitrogens with zero attached hydrogens (tertiary/aromatic N) is 3. The van der Waals surface area contributed by atoms with Crippen molar-refractivity contribution in [2.24, 2.45) is 0 Å². The lowest BCUT2D eigenvalue weighted by Crippen LogP contribution is -2.44. The van der Waals surface area contributed by atoms with Gasteiger partial charge in [-0.1, -0.05) is 26.0 Å². The molecule has 0 aliphatic carbocycles. The van der Waals surface area contributed by atoms with E-state index in [-0.39, 0.29) is 23.4 Å². The number of carbonyl (C=O) groups excluding carboxylic acids is 2. The summed E-state index contributed by atoms with van der Waals surface area (Å²) in [4.78, 5) is 31.6. The van der Waals surface area contributed by atoms with Gasteiger partial charge in [0.05, 0.1) is 37.0 Å². The molecule has 10 heteroatoms. The van der Waals surface area contributed by atoms with Crippen LogP contribution in [0.5, 0.6) is 0 Å². The van der Waals surface area contributed by atoms with E-state index >= 15 is 0 Å². The highest BCUT2D eigenvalue weighted by Crippen LogP contribution is 2.21. The Morgan fingerprint density at radius 1 is 1.31 bits per heavy atom. The Hall–Kier alpha value is -3.34. The van der Waals surface area contributed by atoms with Gasteiger partial charge < -0.3 is 24.7 Å². The van der Waals surface area contributed by atoms with Gasteiger partial charge in [-0.05, 0) is 49.1 Å². The molecule has 0 spiro atoms. The first kappa shape index (κ1) is 30.2. The second kappa shape index (κ2) is 15.3. The number of likely N-dealkylation sites (N-methyl/N-ethyl adjacent to an activating group) is 1. The second-order valence-electron chi connectivity index (χ2n) is 9.70. The normalized spacial score (nSPS) is 16.9. The van der Waals surface area contributed by atoms with E-state index in [2.05, 4.69) is 38.9 Å². The number of aryl methyl sites for hydroxylation is 1. The van der Waals surface area contributed by atoms with Crippen LogP contribution in [0.2, 0.25) is 0 Å². The Labute approximate surface area is 230 Å². The van der Waals surface area contributed by atoms with Crippen LogP contribution in [0.15, 0.2) is 42.0 Å². The maximum atomic E-state index is 13.5. The minimum absolute atomic E-state index is 0.0844. The minimum Gasteiger partial charge on any atom is -0.384 e. The summed E-state index contributed by atoms with van der Waals surface area (Å²) >= 11 is 0. The number of halogens is 1. The molecule has 0 saturated carbocycles. The van der Waals surface area contributed by atoms with Crippen molar-refractivity contribution in [1.82, 2.24) is 25.1 Å². The molecule has 1 aliphatic rings. The molecule has 212 valence electrons. The number of hydrogen-bond acceptors (Lipinski definition) is 7. The summed E-state index contributed by atoms with van der Waals surface area (Å²) in [6.07, 6.45) is 6.53. The molecule has 2 N–H and O–H groups in total. The van der Waals surface area contributed by atoms with E-state index < -0.39 is 11.7 Å². The van der Waals surface area contributed by atoms with Crippen molar-refractivity contribution in [1.29, 1.82) is 0 Å². The number of ether oxygens (including phenoxy) is 2. The summed E-state index contributed by atoms with van der Waals surface area (Å²) in [5.41, 5.74) is 2.42. The van der Waals surface area contributed by atoms with Crippen LogP contribution in [-0.2, 0) is 25.6 Å². The monoisotopic (exact) mass is 541 g/mol. The molecule has 3 rings (SSSR count). The molecular formula is C29H40FN5O4. The third kappa shape index (κ3) is 9.12. The highest BCUT2D eigenvalue weighted by molar-refractivity contribution is 6.01. The van der Waals surface area contributed by atoms with Crippen LogP contribution in [0.3, 0.4) is 0 Å². The fourth-order valence-electron chi connectivity index (χ4n) is 4.58. The van der Waals surface area contributed by atoms with Crippen molar-refractivity contribution in [2.75, 3.05) is 46.5 Å². The predicted octanol–water partition coefficient (Wildman–Crippen LogP) is 3.19. The van der Waals surface area contributed by atoms with Crippen LogP contribution in [0, 0.1) is 5.82 Å². The van der Waals surface area contributed by atoms with Gasteiger partial charge in [0.25, 0.3) is 5.91 Å². The molecule has 39 heavy (non-hydrogen) atoms. The lowest BCUT2D eigenvalue weighted by Gasteiger charge is -2.32. The molecule has 0 bridgehead atoms. The van der Waals surface area contributed by atoms with E-state index in [4.69, 9.17) is 9.47 Å². The maximum Gasteiger partial charge on any atom is 0.271 e. The molecule has 1 aromatic carbocycles. The topological polar surface area (TPSA) is 97.7 Å². The quantitative estimate of drug-likeness (QED) is 0.280. The third-order valence-electron chi connectivity index (χ3n) is 6.41. The van der Waals surface area contributed by atoms with Gasteiger partial charge in [0, 0.05) is 45.5 Å². The number of imidazole rings is 1. The van der Waals surface area contributed by atoms with Gasteiger partial charge in [0.2, 0.25) is 0 Å². The molecule has 1 aromatic heterocycles. The second-order valence-corrected chi connectivity index (χ2v) is 9.70. The zero-order chi connectivity index (χ0) is 28.2. The highest BCUT2D eigenvalue weighted by atomic mass is 19.1. The SMILES string of the molecule is CCOCC1CN(CCCn2cnc(/C=C(/C=O)NC(=O)/C(=C/c3cccc(F)c3)NC)c2C(C)C)CCO1. The highest BCUT2D eigenvalue weighted by Gasteiger charge is 2.21. The average Bonchev–Trinajstić information content (AvgIpc) is 3.32. The van der Waals surface area contributed by atoms with Crippen LogP contribution in [-0.4, -0.2) is 79.3 Å². The molecule has 1 atom stereocenters. The Balaban J connectivity index is 1.66. The van der Waals surface area contributed by atoms with E-state index in [1.165, 1.54) is 18.2 Å². The number of rotatable bonds is 14. The minimum atomic E-state index is -0.515. The zero-order valence-corrected chi connectivity index (χ0v) is 23.3. The molecular weight excluding hydrogens is 501 g/mol. The van der Waals surface area contributed by atoms with Gasteiger partial charge in [-0.3, -0.25) is 14.5 Å². The first-order chi connectivity index (χ1) is 18.8. The van der Waals surface area contributed by atoms with Crippen molar-refractivity contribution in [3.8, 4) is 0 Å². The van der Waals surface area contributed by atoms with E-state index in [0.29, 0.717) is 37.4 Å². The average molecular weight is 542 g/mol. The van der Waals surface area contributed by atoms with Gasteiger partial charge in [-0.25, -0.2) is 9.37 Å². The van der Waals surface area contributed by atoms with Crippen molar-refractivity contribution in [2.45, 2.75) is 45.8 Å². The van der Waals surface area contributed by atoms with E-state index in [1.54, 1.807) is 31.6 Å². The van der Waals surface area contributed by atoms with Gasteiger partial charge in [-0.15, -0.1) is 0 Å². The molecule has 1 fully saturated rings. The summed E-state index contributed by atoms with van der Waals surface area (Å²) in [5, 5.41) is 5.44. The number of carbonyl (C=O) groups is 2. The molecule has 2 heterocycles. The Kier molecular flexibility index (Phi) is 11.9. The van der Waals surface area contributed by atoms with Crippen LogP contribution in [0.4, 0.5) is 4.39 Å². The standard InChI is InChI=1S/C29H40FN5O4/c1-5-38-19-25-17-34(12-13-39-25)10-7-11-35-20-32-26(28(35)21(2)3)16-24(18-36)33-29(37)27(31-4)15-22-8-6-9-23(30)14-22/h6,8-9,14-16,18,20-21,25,31H,5,7,10-13,17,19H2,1-4H3,(H,33,37)/b24-16-,27-15-. The first-order valence-corrected chi connectivity index (χ1v) is 13.4. The first-order valence-electron chi connectivity index (χ1n) is 13.4. The van der Waals surface area contributed by atoms with Crippen molar-refractivity contribution < 1.29 is 23.5 Å². The number of allylic oxidation sites excluding steroid dienone is 1. The zero-order valence-electron chi connectivity index (χ0n) is 23.3. The largest absolute Gasteiger partial charge is 0.384 e. The Morgan fingerprint density at radius 3 is 2.82 bits per heavy atom. The number of hydrogen-bond donors (Lipinski definition) is 2. The number of nitrogens with one attached hydrogen (secondary N) is 2. The van der Waals surface area contributed by atoms with Crippen LogP contribution in [0.25, 0.3) is 12.2 Å². The van der Waals surface area contributed by atoms with Crippen LogP contribution < -0.4 is 10.6 Å². The van der Waals surface area contributed by atoms with Crippen molar-refractivity contribution in [3.05, 3.63) is 64.8 Å². The van der Waals surface area contributed by atoms with Crippen molar-refractivity contribution in [3.63, 3.8) is 0 Å². The number of aldehydes is 1. The molecule has 1 amide bonds. The number of morpholine rings is 1. The molecule has 0 radical (unpaired) electrons. The van der Waals surface area contributed by atoms with Crippen molar-refractivity contribution >= 4 is 24.3 Å². The molecule has 1 saturated heterocycles. The van der Waals surface area contributed by atoms with Gasteiger partial charge in [-0.2, -0.15) is 0 Å². The fraction of sp³-hybridized carbons (Fsp3) is 0.483. The predicted molar refractivity (Wildman–Crippen MR) is 149 cm³/mol. The summed E-state index contributed by atoms with van der Waals surface area (Å²) in [5.74, 6) is -0.763. The number of amides is 1. The molecule has 1 aliphatic heterocycles. The smallest absolute Gasteiger partial charge is 0.271 e. The lowest BCUT2D eigenvalue weighted by atomic mass is 10.1. The van der Waals surface area contributed by atoms with Gasteiger partial charge in [0.1, 0.15) is 11.5 Å². The van der Waals surface area contributed by atoms with Crippen LogP contribution in [0.1, 0.15) is 50.1 Å². The molecule has 2 aromatic rings. The molecule has 1 unspecified atom stereocenters. The fourth-order valence-corrected chi connectivity index (χ4v) is 4.58. The van der Waals surface area contributed by atoms with Gasteiger partial charge in [0.15, 0.2) is 6.29 Å². The summed E-state index contributed by atoms with van der Waals surface area (Å²) < 4.78 is 27.0. The van der Waals surface area contributed by atoms with E-state index in [9.17, 15) is 14.0 Å². The molecule has 9 nitrogen and oxygen atoms in total. The van der Waals surface area contributed by atoms with Crippen LogP contribution >= 0.6 is 0 Å². The number of aromatic nitrogens is 2. The van der Waals surface area contributed by atoms with Gasteiger partial charge >= 0.3 is 0 Å². The van der Waals surface area contributed by atoms with E-state index in [1.807, 2.05) is 6.92 Å². The third-order valence-corrected chi connectivity index (χ3v) is 6.41. The lowest BCUT2D eigenvalue weighted by molar-refractivity contribution is -0.118. The Morgan fingerprint density at radius 2 is 2.13 bits per heavy atom.